The molecular weight excluding hydrogens is 300 g/mol. The predicted octanol–water partition coefficient (Wildman–Crippen LogP) is 3.50. The Morgan fingerprint density at radius 1 is 1.17 bits per heavy atom. The molecule has 0 aliphatic carbocycles. The van der Waals surface area contributed by atoms with Crippen LogP contribution in [-0.2, 0) is 13.1 Å². The average molecular weight is 322 g/mol. The molecule has 3 aromatic rings. The molecule has 0 saturated heterocycles. The van der Waals surface area contributed by atoms with Crippen molar-refractivity contribution in [2.45, 2.75) is 39.9 Å². The molecule has 3 rings (SSSR count). The molecular formula is C19H22N4O. The maximum Gasteiger partial charge on any atom is 0.254 e. The molecule has 1 heterocycles. The van der Waals surface area contributed by atoms with Crippen LogP contribution in [0.2, 0.25) is 0 Å². The van der Waals surface area contributed by atoms with Gasteiger partial charge < -0.3 is 4.90 Å². The molecule has 5 heteroatoms. The minimum absolute atomic E-state index is 0.0156. The third-order valence-electron chi connectivity index (χ3n) is 4.14. The number of rotatable bonds is 5. The van der Waals surface area contributed by atoms with Gasteiger partial charge in [-0.2, -0.15) is 0 Å². The van der Waals surface area contributed by atoms with E-state index in [2.05, 4.69) is 10.3 Å². The van der Waals surface area contributed by atoms with Gasteiger partial charge in [-0.3, -0.25) is 4.79 Å². The van der Waals surface area contributed by atoms with Crippen molar-refractivity contribution in [3.63, 3.8) is 0 Å². The van der Waals surface area contributed by atoms with Crippen LogP contribution in [0.15, 0.2) is 48.5 Å². The minimum Gasteiger partial charge on any atom is -0.332 e. The van der Waals surface area contributed by atoms with Gasteiger partial charge in [0.05, 0.1) is 5.52 Å². The summed E-state index contributed by atoms with van der Waals surface area (Å²) < 4.78 is 1.83. The van der Waals surface area contributed by atoms with E-state index < -0.39 is 0 Å². The molecule has 24 heavy (non-hydrogen) atoms. The van der Waals surface area contributed by atoms with Crippen molar-refractivity contribution in [1.82, 2.24) is 19.9 Å². The number of hydrogen-bond acceptors (Lipinski definition) is 3. The second-order valence-electron chi connectivity index (χ2n) is 6.12. The fourth-order valence-electron chi connectivity index (χ4n) is 2.77. The third kappa shape index (κ3) is 3.15. The zero-order valence-corrected chi connectivity index (χ0v) is 14.3. The van der Waals surface area contributed by atoms with Crippen LogP contribution in [0.1, 0.15) is 36.7 Å². The molecule has 0 N–H and O–H groups in total. The lowest BCUT2D eigenvalue weighted by Gasteiger charge is -2.27. The lowest BCUT2D eigenvalue weighted by molar-refractivity contribution is 0.0690. The van der Waals surface area contributed by atoms with Gasteiger partial charge in [-0.05, 0) is 44.5 Å². The third-order valence-corrected chi connectivity index (χ3v) is 4.14. The first kappa shape index (κ1) is 16.2. The summed E-state index contributed by atoms with van der Waals surface area (Å²) in [6.45, 7) is 7.44. The number of hydrogen-bond donors (Lipinski definition) is 0. The average Bonchev–Trinajstić information content (AvgIpc) is 3.02. The van der Waals surface area contributed by atoms with Crippen molar-refractivity contribution in [2.24, 2.45) is 0 Å². The molecule has 2 aromatic carbocycles. The smallest absolute Gasteiger partial charge is 0.254 e. The second kappa shape index (κ2) is 6.83. The van der Waals surface area contributed by atoms with E-state index in [1.807, 2.05) is 78.9 Å². The number of nitrogens with zero attached hydrogens (tertiary/aromatic N) is 4. The largest absolute Gasteiger partial charge is 0.332 e. The van der Waals surface area contributed by atoms with Crippen molar-refractivity contribution in [1.29, 1.82) is 0 Å². The van der Waals surface area contributed by atoms with Gasteiger partial charge in [0, 0.05) is 24.7 Å². The Labute approximate surface area is 141 Å². The van der Waals surface area contributed by atoms with E-state index in [0.29, 0.717) is 12.1 Å². The first-order valence-corrected chi connectivity index (χ1v) is 8.28. The molecule has 124 valence electrons. The minimum atomic E-state index is 0.0156. The number of aryl methyl sites for hydroxylation is 1. The van der Waals surface area contributed by atoms with Gasteiger partial charge >= 0.3 is 0 Å². The lowest BCUT2D eigenvalue weighted by atomic mass is 10.1. The van der Waals surface area contributed by atoms with Gasteiger partial charge in [0.1, 0.15) is 5.52 Å². The highest BCUT2D eigenvalue weighted by Crippen LogP contribution is 2.18. The fourth-order valence-corrected chi connectivity index (χ4v) is 2.77. The molecule has 0 atom stereocenters. The van der Waals surface area contributed by atoms with Gasteiger partial charge in [-0.15, -0.1) is 5.10 Å². The lowest BCUT2D eigenvalue weighted by Crippen LogP contribution is -2.36. The van der Waals surface area contributed by atoms with Gasteiger partial charge in [0.2, 0.25) is 0 Å². The summed E-state index contributed by atoms with van der Waals surface area (Å²) in [5.41, 5.74) is 3.48. The molecule has 0 saturated carbocycles. The Hall–Kier alpha value is -2.69. The molecule has 0 aliphatic rings. The van der Waals surface area contributed by atoms with Crippen LogP contribution in [-0.4, -0.2) is 31.8 Å². The topological polar surface area (TPSA) is 51.0 Å². The van der Waals surface area contributed by atoms with Crippen molar-refractivity contribution in [3.8, 4) is 0 Å². The van der Waals surface area contributed by atoms with Crippen LogP contribution >= 0.6 is 0 Å². The molecule has 0 fully saturated rings. The fraction of sp³-hybridized carbons (Fsp3) is 0.316. The summed E-state index contributed by atoms with van der Waals surface area (Å²) in [7, 11) is 0. The van der Waals surface area contributed by atoms with Gasteiger partial charge in [0.15, 0.2) is 0 Å². The Kier molecular flexibility index (Phi) is 4.60. The second-order valence-corrected chi connectivity index (χ2v) is 6.12. The number of carbonyl (C=O) groups excluding carboxylic acids is 1. The number of aromatic nitrogens is 3. The molecule has 0 unspecified atom stereocenters. The van der Waals surface area contributed by atoms with Crippen LogP contribution < -0.4 is 0 Å². The predicted molar refractivity (Wildman–Crippen MR) is 94.7 cm³/mol. The van der Waals surface area contributed by atoms with Crippen LogP contribution in [0.4, 0.5) is 0 Å². The van der Waals surface area contributed by atoms with E-state index in [9.17, 15) is 4.79 Å². The van der Waals surface area contributed by atoms with Crippen molar-refractivity contribution in [3.05, 3.63) is 59.7 Å². The molecule has 1 amide bonds. The molecule has 5 nitrogen and oxygen atoms in total. The van der Waals surface area contributed by atoms with Crippen LogP contribution in [0.25, 0.3) is 11.0 Å². The Bertz CT molecular complexity index is 839. The van der Waals surface area contributed by atoms with Gasteiger partial charge in [-0.25, -0.2) is 4.68 Å². The summed E-state index contributed by atoms with van der Waals surface area (Å²) in [5.74, 6) is 0.0156. The van der Waals surface area contributed by atoms with Crippen molar-refractivity contribution < 1.29 is 4.79 Å². The van der Waals surface area contributed by atoms with Crippen LogP contribution in [0.5, 0.6) is 0 Å². The monoisotopic (exact) mass is 322 g/mol. The van der Waals surface area contributed by atoms with Gasteiger partial charge in [0.25, 0.3) is 5.91 Å². The first-order valence-electron chi connectivity index (χ1n) is 8.28. The highest BCUT2D eigenvalue weighted by molar-refractivity contribution is 5.97. The Morgan fingerprint density at radius 3 is 2.58 bits per heavy atom. The summed E-state index contributed by atoms with van der Waals surface area (Å²) in [6, 6.07) is 15.8. The van der Waals surface area contributed by atoms with E-state index in [4.69, 9.17) is 0 Å². The number of carbonyl (C=O) groups is 1. The normalized spacial score (nSPS) is 11.2. The maximum absolute atomic E-state index is 13.0. The quantitative estimate of drug-likeness (QED) is 0.722. The Morgan fingerprint density at radius 2 is 1.92 bits per heavy atom. The zero-order valence-electron chi connectivity index (χ0n) is 14.3. The SMILES string of the molecule is CCn1nnc2cc(C(=O)N(Cc3ccccc3)C(C)C)ccc21. The van der Waals surface area contributed by atoms with Crippen LogP contribution in [0.3, 0.4) is 0 Å². The zero-order chi connectivity index (χ0) is 17.1. The summed E-state index contributed by atoms with van der Waals surface area (Å²) >= 11 is 0. The number of amides is 1. The summed E-state index contributed by atoms with van der Waals surface area (Å²) in [5, 5.41) is 8.27. The van der Waals surface area contributed by atoms with E-state index in [1.54, 1.807) is 0 Å². The van der Waals surface area contributed by atoms with E-state index >= 15 is 0 Å². The van der Waals surface area contributed by atoms with Crippen LogP contribution in [0, 0.1) is 0 Å². The van der Waals surface area contributed by atoms with Crippen molar-refractivity contribution >= 4 is 16.9 Å². The van der Waals surface area contributed by atoms with E-state index in [1.165, 1.54) is 0 Å². The molecule has 0 spiro atoms. The standard InChI is InChI=1S/C19H22N4O/c1-4-23-18-11-10-16(12-17(18)20-21-23)19(24)22(14(2)3)13-15-8-6-5-7-9-15/h5-12,14H,4,13H2,1-3H3. The molecule has 0 aliphatic heterocycles. The Balaban J connectivity index is 1.89. The molecule has 0 bridgehead atoms. The summed E-state index contributed by atoms with van der Waals surface area (Å²) in [4.78, 5) is 14.9. The first-order chi connectivity index (χ1) is 11.6. The number of fused-ring (bicyclic) bond motifs is 1. The number of benzene rings is 2. The highest BCUT2D eigenvalue weighted by Gasteiger charge is 2.20. The van der Waals surface area contributed by atoms with Gasteiger partial charge in [-0.1, -0.05) is 35.5 Å². The molecule has 1 aromatic heterocycles. The van der Waals surface area contributed by atoms with E-state index in [-0.39, 0.29) is 11.9 Å². The molecule has 0 radical (unpaired) electrons. The maximum atomic E-state index is 13.0. The highest BCUT2D eigenvalue weighted by atomic mass is 16.2. The van der Waals surface area contributed by atoms with Crippen molar-refractivity contribution in [2.75, 3.05) is 0 Å². The van der Waals surface area contributed by atoms with E-state index in [0.717, 1.165) is 23.1 Å². The summed E-state index contributed by atoms with van der Waals surface area (Å²) in [6.07, 6.45) is 0.